The third-order valence-electron chi connectivity index (χ3n) is 4.75. The summed E-state index contributed by atoms with van der Waals surface area (Å²) in [6.07, 6.45) is 1.43. The van der Waals surface area contributed by atoms with Crippen LogP contribution < -0.4 is 9.47 Å². The number of methoxy groups -OCH3 is 2. The molecule has 7 nitrogen and oxygen atoms in total. The molecule has 0 unspecified atom stereocenters. The molecular weight excluding hydrogens is 374 g/mol. The molecule has 152 valence electrons. The number of benzene rings is 2. The molecule has 0 spiro atoms. The van der Waals surface area contributed by atoms with Gasteiger partial charge in [0.1, 0.15) is 11.5 Å². The van der Waals surface area contributed by atoms with Crippen LogP contribution in [0.4, 0.5) is 0 Å². The summed E-state index contributed by atoms with van der Waals surface area (Å²) in [6.45, 7) is 0.782. The zero-order valence-electron chi connectivity index (χ0n) is 16.5. The van der Waals surface area contributed by atoms with Crippen LogP contribution in [-0.4, -0.2) is 49.9 Å². The maximum absolute atomic E-state index is 12.5. The number of ether oxygens (including phenoxy) is 3. The Balaban J connectivity index is 1.62. The van der Waals surface area contributed by atoms with Crippen LogP contribution >= 0.6 is 0 Å². The van der Waals surface area contributed by atoms with Gasteiger partial charge in [-0.05, 0) is 36.2 Å². The van der Waals surface area contributed by atoms with E-state index in [1.165, 1.54) is 14.2 Å². The molecule has 0 aromatic heterocycles. The SMILES string of the molecule is COc1ccc(C(=O)COC(=O)c2cccc(CN3CCCC3=O)c2)c(OC)c1. The molecule has 0 atom stereocenters. The van der Waals surface area contributed by atoms with E-state index in [2.05, 4.69) is 0 Å². The van der Waals surface area contributed by atoms with Crippen LogP contribution in [0.1, 0.15) is 39.1 Å². The van der Waals surface area contributed by atoms with E-state index in [1.807, 2.05) is 6.07 Å². The molecule has 1 aliphatic heterocycles. The zero-order chi connectivity index (χ0) is 20.8. The van der Waals surface area contributed by atoms with Crippen molar-refractivity contribution in [3.05, 3.63) is 59.2 Å². The average Bonchev–Trinajstić information content (AvgIpc) is 3.15. The van der Waals surface area contributed by atoms with Gasteiger partial charge in [0.15, 0.2) is 6.61 Å². The summed E-state index contributed by atoms with van der Waals surface area (Å²) in [5.41, 5.74) is 1.49. The third kappa shape index (κ3) is 4.93. The quantitative estimate of drug-likeness (QED) is 0.503. The second-order valence-electron chi connectivity index (χ2n) is 6.68. The van der Waals surface area contributed by atoms with Crippen LogP contribution in [0, 0.1) is 0 Å². The van der Waals surface area contributed by atoms with Crippen molar-refractivity contribution in [2.45, 2.75) is 19.4 Å². The highest BCUT2D eigenvalue weighted by molar-refractivity contribution is 6.01. The van der Waals surface area contributed by atoms with Gasteiger partial charge in [0.25, 0.3) is 0 Å². The Kier molecular flexibility index (Phi) is 6.49. The minimum atomic E-state index is -0.597. The summed E-state index contributed by atoms with van der Waals surface area (Å²) in [5.74, 6) is 0.0560. The minimum absolute atomic E-state index is 0.122. The number of nitrogens with zero attached hydrogens (tertiary/aromatic N) is 1. The van der Waals surface area contributed by atoms with Crippen molar-refractivity contribution in [1.29, 1.82) is 0 Å². The van der Waals surface area contributed by atoms with E-state index in [4.69, 9.17) is 14.2 Å². The summed E-state index contributed by atoms with van der Waals surface area (Å²) >= 11 is 0. The summed E-state index contributed by atoms with van der Waals surface area (Å²) in [7, 11) is 2.97. The first-order valence-corrected chi connectivity index (χ1v) is 9.31. The number of likely N-dealkylation sites (tertiary alicyclic amines) is 1. The Labute approximate surface area is 169 Å². The van der Waals surface area contributed by atoms with Crippen molar-refractivity contribution in [1.82, 2.24) is 4.90 Å². The highest BCUT2D eigenvalue weighted by atomic mass is 16.5. The van der Waals surface area contributed by atoms with Crippen molar-refractivity contribution in [3.8, 4) is 11.5 Å². The largest absolute Gasteiger partial charge is 0.497 e. The van der Waals surface area contributed by atoms with Crippen molar-refractivity contribution < 1.29 is 28.6 Å². The lowest BCUT2D eigenvalue weighted by atomic mass is 10.1. The van der Waals surface area contributed by atoms with Gasteiger partial charge in [-0.3, -0.25) is 9.59 Å². The third-order valence-corrected chi connectivity index (χ3v) is 4.75. The number of esters is 1. The average molecular weight is 397 g/mol. The first kappa shape index (κ1) is 20.4. The topological polar surface area (TPSA) is 82.1 Å². The van der Waals surface area contributed by atoms with Gasteiger partial charge >= 0.3 is 5.97 Å². The van der Waals surface area contributed by atoms with Gasteiger partial charge in [-0.1, -0.05) is 12.1 Å². The summed E-state index contributed by atoms with van der Waals surface area (Å²) in [6, 6.07) is 11.7. The lowest BCUT2D eigenvalue weighted by Crippen LogP contribution is -2.24. The summed E-state index contributed by atoms with van der Waals surface area (Å²) in [5, 5.41) is 0. The number of amides is 1. The molecule has 0 bridgehead atoms. The van der Waals surface area contributed by atoms with E-state index in [1.54, 1.807) is 41.3 Å². The van der Waals surface area contributed by atoms with Crippen LogP contribution in [-0.2, 0) is 16.1 Å². The smallest absolute Gasteiger partial charge is 0.338 e. The van der Waals surface area contributed by atoms with E-state index >= 15 is 0 Å². The molecule has 1 amide bonds. The second kappa shape index (κ2) is 9.23. The van der Waals surface area contributed by atoms with Gasteiger partial charge in [-0.25, -0.2) is 4.79 Å². The molecule has 29 heavy (non-hydrogen) atoms. The van der Waals surface area contributed by atoms with Gasteiger partial charge in [-0.15, -0.1) is 0 Å². The number of rotatable bonds is 8. The molecular formula is C22H23NO6. The van der Waals surface area contributed by atoms with E-state index < -0.39 is 12.6 Å². The lowest BCUT2D eigenvalue weighted by Gasteiger charge is -2.15. The Hall–Kier alpha value is -3.35. The van der Waals surface area contributed by atoms with Crippen molar-refractivity contribution in [2.75, 3.05) is 27.4 Å². The molecule has 0 aliphatic carbocycles. The molecule has 2 aromatic rings. The van der Waals surface area contributed by atoms with Gasteiger partial charge in [0, 0.05) is 25.6 Å². The maximum Gasteiger partial charge on any atom is 0.338 e. The molecule has 1 saturated heterocycles. The van der Waals surface area contributed by atoms with Crippen LogP contribution in [0.5, 0.6) is 11.5 Å². The highest BCUT2D eigenvalue weighted by Crippen LogP contribution is 2.25. The van der Waals surface area contributed by atoms with E-state index in [-0.39, 0.29) is 11.7 Å². The summed E-state index contributed by atoms with van der Waals surface area (Å²) < 4.78 is 15.5. The van der Waals surface area contributed by atoms with Crippen molar-refractivity contribution in [2.24, 2.45) is 0 Å². The van der Waals surface area contributed by atoms with Gasteiger partial charge in [0.05, 0.1) is 25.3 Å². The van der Waals surface area contributed by atoms with Crippen molar-refractivity contribution >= 4 is 17.7 Å². The van der Waals surface area contributed by atoms with Crippen LogP contribution in [0.25, 0.3) is 0 Å². The molecule has 1 fully saturated rings. The zero-order valence-corrected chi connectivity index (χ0v) is 16.5. The fourth-order valence-corrected chi connectivity index (χ4v) is 3.21. The van der Waals surface area contributed by atoms with Gasteiger partial charge in [0.2, 0.25) is 11.7 Å². The maximum atomic E-state index is 12.5. The molecule has 0 saturated carbocycles. The molecule has 3 rings (SSSR count). The standard InChI is InChI=1S/C22H23NO6/c1-27-17-8-9-18(20(12-17)28-2)19(24)14-29-22(26)16-6-3-5-15(11-16)13-23-10-4-7-21(23)25/h3,5-6,8-9,11-12H,4,7,10,13-14H2,1-2H3. The fourth-order valence-electron chi connectivity index (χ4n) is 3.21. The molecule has 1 heterocycles. The van der Waals surface area contributed by atoms with Gasteiger partial charge < -0.3 is 19.1 Å². The molecule has 2 aromatic carbocycles. The Morgan fingerprint density at radius 3 is 2.59 bits per heavy atom. The molecule has 7 heteroatoms. The number of hydrogen-bond acceptors (Lipinski definition) is 6. The number of carbonyl (C=O) groups excluding carboxylic acids is 3. The second-order valence-corrected chi connectivity index (χ2v) is 6.68. The fraction of sp³-hybridized carbons (Fsp3) is 0.318. The van der Waals surface area contributed by atoms with Crippen molar-refractivity contribution in [3.63, 3.8) is 0 Å². The summed E-state index contributed by atoms with van der Waals surface area (Å²) in [4.78, 5) is 38.4. The number of hydrogen-bond donors (Lipinski definition) is 0. The number of carbonyl (C=O) groups is 3. The monoisotopic (exact) mass is 397 g/mol. The Morgan fingerprint density at radius 1 is 1.07 bits per heavy atom. The lowest BCUT2D eigenvalue weighted by molar-refractivity contribution is -0.128. The minimum Gasteiger partial charge on any atom is -0.497 e. The molecule has 1 aliphatic rings. The molecule has 0 N–H and O–H groups in total. The van der Waals surface area contributed by atoms with E-state index in [9.17, 15) is 14.4 Å². The van der Waals surface area contributed by atoms with Crippen LogP contribution in [0.3, 0.4) is 0 Å². The Bertz CT molecular complexity index is 923. The van der Waals surface area contributed by atoms with Gasteiger partial charge in [-0.2, -0.15) is 0 Å². The highest BCUT2D eigenvalue weighted by Gasteiger charge is 2.21. The van der Waals surface area contributed by atoms with E-state index in [0.29, 0.717) is 35.6 Å². The number of Topliss-reactive ketones (excluding diaryl/α,β-unsaturated/α-hetero) is 1. The number of ketones is 1. The normalized spacial score (nSPS) is 13.3. The first-order valence-electron chi connectivity index (χ1n) is 9.31. The first-order chi connectivity index (χ1) is 14.0. The van der Waals surface area contributed by atoms with Crippen LogP contribution in [0.15, 0.2) is 42.5 Å². The predicted molar refractivity (Wildman–Crippen MR) is 105 cm³/mol. The van der Waals surface area contributed by atoms with E-state index in [0.717, 1.165) is 18.5 Å². The van der Waals surface area contributed by atoms with Crippen LogP contribution in [0.2, 0.25) is 0 Å². The molecule has 0 radical (unpaired) electrons. The predicted octanol–water partition coefficient (Wildman–Crippen LogP) is 2.87. The Morgan fingerprint density at radius 2 is 1.90 bits per heavy atom.